The molecular weight excluding hydrogens is 372 g/mol. The average Bonchev–Trinajstić information content (AvgIpc) is 2.75. The number of aromatic nitrogens is 1. The van der Waals surface area contributed by atoms with Crippen molar-refractivity contribution in [1.82, 2.24) is 9.88 Å². The van der Waals surface area contributed by atoms with Crippen LogP contribution in [0.2, 0.25) is 0 Å². The Morgan fingerprint density at radius 2 is 1.86 bits per heavy atom. The van der Waals surface area contributed by atoms with Crippen molar-refractivity contribution in [3.63, 3.8) is 0 Å². The third-order valence-corrected chi connectivity index (χ3v) is 4.98. The molecule has 0 aliphatic carbocycles. The van der Waals surface area contributed by atoms with Crippen molar-refractivity contribution in [2.75, 3.05) is 50.1 Å². The first kappa shape index (κ1) is 20.6. The summed E-state index contributed by atoms with van der Waals surface area (Å²) in [6.07, 6.45) is 1.70. The van der Waals surface area contributed by atoms with Crippen LogP contribution in [0.4, 0.5) is 11.5 Å². The number of ether oxygens (including phenoxy) is 1. The number of nitrogens with zero attached hydrogens (tertiary/aromatic N) is 3. The van der Waals surface area contributed by atoms with E-state index < -0.39 is 11.9 Å². The molecule has 1 aliphatic rings. The number of benzene rings is 1. The summed E-state index contributed by atoms with van der Waals surface area (Å²) in [6, 6.07) is 12.7. The number of methoxy groups -OCH3 is 1. The van der Waals surface area contributed by atoms with E-state index in [0.29, 0.717) is 18.0 Å². The van der Waals surface area contributed by atoms with Crippen LogP contribution in [0.5, 0.6) is 5.75 Å². The van der Waals surface area contributed by atoms with E-state index in [2.05, 4.69) is 20.1 Å². The number of pyridine rings is 1. The van der Waals surface area contributed by atoms with Crippen LogP contribution in [0.3, 0.4) is 0 Å². The molecule has 2 aromatic rings. The first-order valence-corrected chi connectivity index (χ1v) is 9.60. The van der Waals surface area contributed by atoms with Crippen molar-refractivity contribution in [3.8, 4) is 5.75 Å². The number of hydrogen-bond donors (Lipinski definition) is 2. The molecule has 1 saturated heterocycles. The van der Waals surface area contributed by atoms with Crippen LogP contribution in [0, 0.1) is 5.92 Å². The summed E-state index contributed by atoms with van der Waals surface area (Å²) in [5.74, 6) is -0.400. The van der Waals surface area contributed by atoms with Gasteiger partial charge in [0.2, 0.25) is 5.91 Å². The molecule has 154 valence electrons. The summed E-state index contributed by atoms with van der Waals surface area (Å²) in [4.78, 5) is 32.6. The number of piperazine rings is 1. The summed E-state index contributed by atoms with van der Waals surface area (Å²) in [6.45, 7) is 3.38. The average molecular weight is 398 g/mol. The summed E-state index contributed by atoms with van der Waals surface area (Å²) in [5.41, 5.74) is 0.615. The Balaban J connectivity index is 1.49. The molecule has 8 heteroatoms. The highest BCUT2D eigenvalue weighted by Gasteiger charge is 2.26. The van der Waals surface area contributed by atoms with Crippen LogP contribution in [-0.2, 0) is 9.59 Å². The van der Waals surface area contributed by atoms with Gasteiger partial charge in [-0.25, -0.2) is 4.98 Å². The minimum absolute atomic E-state index is 0.0676. The van der Waals surface area contributed by atoms with Gasteiger partial charge < -0.3 is 20.1 Å². The molecule has 29 heavy (non-hydrogen) atoms. The van der Waals surface area contributed by atoms with Crippen LogP contribution < -0.4 is 15.0 Å². The Kier molecular flexibility index (Phi) is 7.02. The lowest BCUT2D eigenvalue weighted by Gasteiger charge is -2.36. The van der Waals surface area contributed by atoms with Crippen LogP contribution in [0.25, 0.3) is 0 Å². The SMILES string of the molecule is COc1ccc(NC(=O)C[C@H](CN2CCN(c3ccccn3)CC2)C(=O)O)cc1. The number of rotatable bonds is 8. The van der Waals surface area contributed by atoms with Crippen LogP contribution in [-0.4, -0.2) is 66.7 Å². The molecule has 1 amide bonds. The van der Waals surface area contributed by atoms with Crippen molar-refractivity contribution in [2.24, 2.45) is 5.92 Å². The summed E-state index contributed by atoms with van der Waals surface area (Å²) in [7, 11) is 1.57. The fourth-order valence-corrected chi connectivity index (χ4v) is 3.35. The molecule has 3 rings (SSSR count). The fraction of sp³-hybridized carbons (Fsp3) is 0.381. The number of amides is 1. The zero-order chi connectivity index (χ0) is 20.6. The normalized spacial score (nSPS) is 15.6. The molecule has 1 aromatic heterocycles. The molecule has 0 bridgehead atoms. The molecule has 1 fully saturated rings. The van der Waals surface area contributed by atoms with E-state index in [1.807, 2.05) is 18.2 Å². The number of aliphatic carboxylic acids is 1. The molecule has 0 spiro atoms. The maximum Gasteiger partial charge on any atom is 0.308 e. The second-order valence-electron chi connectivity index (χ2n) is 6.99. The lowest BCUT2D eigenvalue weighted by atomic mass is 10.0. The number of carbonyl (C=O) groups is 2. The van der Waals surface area contributed by atoms with Crippen molar-refractivity contribution in [2.45, 2.75) is 6.42 Å². The minimum Gasteiger partial charge on any atom is -0.497 e. The predicted molar refractivity (Wildman–Crippen MR) is 110 cm³/mol. The van der Waals surface area contributed by atoms with E-state index in [9.17, 15) is 14.7 Å². The molecule has 2 heterocycles. The van der Waals surface area contributed by atoms with Gasteiger partial charge in [0.1, 0.15) is 11.6 Å². The van der Waals surface area contributed by atoms with Gasteiger partial charge in [0.15, 0.2) is 0 Å². The fourth-order valence-electron chi connectivity index (χ4n) is 3.35. The van der Waals surface area contributed by atoms with E-state index in [-0.39, 0.29) is 12.3 Å². The molecule has 1 aliphatic heterocycles. The predicted octanol–water partition coefficient (Wildman–Crippen LogP) is 1.94. The van der Waals surface area contributed by atoms with Crippen molar-refractivity contribution in [1.29, 1.82) is 0 Å². The second kappa shape index (κ2) is 9.88. The van der Waals surface area contributed by atoms with Crippen molar-refractivity contribution >= 4 is 23.4 Å². The molecule has 1 aromatic carbocycles. The Bertz CT molecular complexity index is 805. The molecule has 0 unspecified atom stereocenters. The first-order valence-electron chi connectivity index (χ1n) is 9.60. The highest BCUT2D eigenvalue weighted by Crippen LogP contribution is 2.17. The topological polar surface area (TPSA) is 95.0 Å². The van der Waals surface area contributed by atoms with Gasteiger partial charge in [0.05, 0.1) is 13.0 Å². The van der Waals surface area contributed by atoms with Crippen molar-refractivity contribution < 1.29 is 19.4 Å². The van der Waals surface area contributed by atoms with Gasteiger partial charge in [0.25, 0.3) is 0 Å². The third-order valence-electron chi connectivity index (χ3n) is 4.98. The summed E-state index contributed by atoms with van der Waals surface area (Å²) < 4.78 is 5.09. The Morgan fingerprint density at radius 3 is 2.45 bits per heavy atom. The number of hydrogen-bond acceptors (Lipinski definition) is 6. The lowest BCUT2D eigenvalue weighted by Crippen LogP contribution is -2.49. The highest BCUT2D eigenvalue weighted by atomic mass is 16.5. The maximum atomic E-state index is 12.3. The molecule has 2 N–H and O–H groups in total. The monoisotopic (exact) mass is 398 g/mol. The third kappa shape index (κ3) is 5.92. The van der Waals surface area contributed by atoms with E-state index in [1.54, 1.807) is 37.6 Å². The van der Waals surface area contributed by atoms with E-state index >= 15 is 0 Å². The Hall–Kier alpha value is -3.13. The Labute approximate surface area is 170 Å². The zero-order valence-electron chi connectivity index (χ0n) is 16.5. The van der Waals surface area contributed by atoms with Gasteiger partial charge in [-0.1, -0.05) is 6.07 Å². The number of carbonyl (C=O) groups excluding carboxylic acids is 1. The van der Waals surface area contributed by atoms with Crippen LogP contribution >= 0.6 is 0 Å². The molecule has 8 nitrogen and oxygen atoms in total. The van der Waals surface area contributed by atoms with Gasteiger partial charge in [-0.3, -0.25) is 14.5 Å². The van der Waals surface area contributed by atoms with Gasteiger partial charge in [-0.2, -0.15) is 0 Å². The van der Waals surface area contributed by atoms with E-state index in [1.165, 1.54) is 0 Å². The smallest absolute Gasteiger partial charge is 0.308 e. The molecule has 0 radical (unpaired) electrons. The highest BCUT2D eigenvalue weighted by molar-refractivity contribution is 5.93. The molecule has 0 saturated carbocycles. The second-order valence-corrected chi connectivity index (χ2v) is 6.99. The van der Waals surface area contributed by atoms with Crippen LogP contribution in [0.15, 0.2) is 48.7 Å². The van der Waals surface area contributed by atoms with Crippen LogP contribution in [0.1, 0.15) is 6.42 Å². The lowest BCUT2D eigenvalue weighted by molar-refractivity contribution is -0.144. The molecular formula is C21H26N4O4. The van der Waals surface area contributed by atoms with Crippen molar-refractivity contribution in [3.05, 3.63) is 48.7 Å². The summed E-state index contributed by atoms with van der Waals surface area (Å²) in [5, 5.41) is 12.3. The minimum atomic E-state index is -0.956. The number of carboxylic acid groups (broad SMARTS) is 1. The van der Waals surface area contributed by atoms with Gasteiger partial charge in [-0.15, -0.1) is 0 Å². The standard InChI is InChI=1S/C21H26N4O4/c1-29-18-7-5-17(6-8-18)23-20(26)14-16(21(27)28)15-24-10-12-25(13-11-24)19-4-2-3-9-22-19/h2-9,16H,10-15H2,1H3,(H,23,26)(H,27,28)/t16-/m1/s1. The number of anilines is 2. The zero-order valence-corrected chi connectivity index (χ0v) is 16.5. The van der Waals surface area contributed by atoms with Gasteiger partial charge in [-0.05, 0) is 36.4 Å². The van der Waals surface area contributed by atoms with E-state index in [4.69, 9.17) is 4.74 Å². The first-order chi connectivity index (χ1) is 14.0. The Morgan fingerprint density at radius 1 is 1.14 bits per heavy atom. The molecule has 1 atom stereocenters. The maximum absolute atomic E-state index is 12.3. The van der Waals surface area contributed by atoms with Gasteiger partial charge in [0, 0.05) is 51.0 Å². The quantitative estimate of drug-likeness (QED) is 0.702. The van der Waals surface area contributed by atoms with Gasteiger partial charge >= 0.3 is 5.97 Å². The van der Waals surface area contributed by atoms with E-state index in [0.717, 1.165) is 32.0 Å². The summed E-state index contributed by atoms with van der Waals surface area (Å²) >= 11 is 0. The number of carboxylic acids is 1. The number of nitrogens with one attached hydrogen (secondary N) is 1. The largest absolute Gasteiger partial charge is 0.497 e.